The average Bonchev–Trinajstić information content (AvgIpc) is 2.75. The maximum absolute atomic E-state index is 15.0. The summed E-state index contributed by atoms with van der Waals surface area (Å²) in [5, 5.41) is 0. The third-order valence-electron chi connectivity index (χ3n) is 6.97. The van der Waals surface area contributed by atoms with Crippen molar-refractivity contribution in [1.82, 2.24) is 0 Å². The Morgan fingerprint density at radius 3 is 2.17 bits per heavy atom. The fourth-order valence-corrected chi connectivity index (χ4v) is 5.00. The van der Waals surface area contributed by atoms with E-state index in [4.69, 9.17) is 0 Å². The van der Waals surface area contributed by atoms with Crippen LogP contribution >= 0.6 is 0 Å². The summed E-state index contributed by atoms with van der Waals surface area (Å²) in [6.07, 6.45) is 10.7. The Balaban J connectivity index is 1.72. The van der Waals surface area contributed by atoms with Gasteiger partial charge in [-0.15, -0.1) is 0 Å². The van der Waals surface area contributed by atoms with Gasteiger partial charge in [-0.25, -0.2) is 8.78 Å². The van der Waals surface area contributed by atoms with E-state index in [2.05, 4.69) is 20.8 Å². The van der Waals surface area contributed by atoms with Crippen molar-refractivity contribution in [3.8, 4) is 11.1 Å². The molecule has 0 amide bonds. The van der Waals surface area contributed by atoms with Crippen molar-refractivity contribution in [3.63, 3.8) is 0 Å². The molecule has 29 heavy (non-hydrogen) atoms. The van der Waals surface area contributed by atoms with Crippen LogP contribution in [0, 0.1) is 23.5 Å². The van der Waals surface area contributed by atoms with Gasteiger partial charge in [0.05, 0.1) is 0 Å². The lowest BCUT2D eigenvalue weighted by atomic mass is 9.73. The molecule has 1 saturated carbocycles. The van der Waals surface area contributed by atoms with Gasteiger partial charge in [0.1, 0.15) is 0 Å². The first-order chi connectivity index (χ1) is 14.0. The van der Waals surface area contributed by atoms with E-state index in [9.17, 15) is 4.39 Å². The quantitative estimate of drug-likeness (QED) is 0.417. The number of hydrogen-bond acceptors (Lipinski definition) is 0. The van der Waals surface area contributed by atoms with Gasteiger partial charge in [0, 0.05) is 5.56 Å². The molecule has 1 fully saturated rings. The highest BCUT2D eigenvalue weighted by Crippen LogP contribution is 2.41. The van der Waals surface area contributed by atoms with Crippen molar-refractivity contribution in [2.24, 2.45) is 11.8 Å². The summed E-state index contributed by atoms with van der Waals surface area (Å²) in [6, 6.07) is 11.4. The summed E-state index contributed by atoms with van der Waals surface area (Å²) in [4.78, 5) is 0. The van der Waals surface area contributed by atoms with Crippen molar-refractivity contribution in [3.05, 3.63) is 59.2 Å². The van der Waals surface area contributed by atoms with Crippen LogP contribution in [-0.2, 0) is 6.42 Å². The largest absolute Gasteiger partial charge is 0.203 e. The van der Waals surface area contributed by atoms with Crippen molar-refractivity contribution in [1.29, 1.82) is 0 Å². The standard InChI is InChI=1S/C27H36F2/c1-4-6-8-21-9-13-22(14-10-21)19(3)24-17-18-25(27(29)26(24)28)23-15-11-20(7-5-2)12-16-23/h11-12,15-19,21-22H,4-10,13-14H2,1-3H3. The number of benzene rings is 2. The van der Waals surface area contributed by atoms with Gasteiger partial charge in [-0.2, -0.15) is 0 Å². The Kier molecular flexibility index (Phi) is 7.86. The van der Waals surface area contributed by atoms with E-state index in [1.807, 2.05) is 30.3 Å². The highest BCUT2D eigenvalue weighted by molar-refractivity contribution is 5.65. The molecule has 0 radical (unpaired) electrons. The Morgan fingerprint density at radius 2 is 1.55 bits per heavy atom. The van der Waals surface area contributed by atoms with Crippen LogP contribution in [0.2, 0.25) is 0 Å². The zero-order chi connectivity index (χ0) is 20.8. The fourth-order valence-electron chi connectivity index (χ4n) is 5.00. The SMILES string of the molecule is CCCCC1CCC(C(C)c2ccc(-c3ccc(CCC)cc3)c(F)c2F)CC1. The number of aryl methyl sites for hydroxylation is 1. The summed E-state index contributed by atoms with van der Waals surface area (Å²) in [5.74, 6) is 0.00608. The van der Waals surface area contributed by atoms with Crippen molar-refractivity contribution in [2.45, 2.75) is 84.5 Å². The molecule has 2 heteroatoms. The second kappa shape index (κ2) is 10.4. The maximum Gasteiger partial charge on any atom is 0.166 e. The summed E-state index contributed by atoms with van der Waals surface area (Å²) in [7, 11) is 0. The minimum Gasteiger partial charge on any atom is -0.203 e. The number of halogens is 2. The average molecular weight is 399 g/mol. The van der Waals surface area contributed by atoms with Gasteiger partial charge in [0.2, 0.25) is 0 Å². The zero-order valence-electron chi connectivity index (χ0n) is 18.3. The third kappa shape index (κ3) is 5.27. The molecule has 0 nitrogen and oxygen atoms in total. The second-order valence-corrected chi connectivity index (χ2v) is 8.99. The summed E-state index contributed by atoms with van der Waals surface area (Å²) in [5.41, 5.74) is 2.89. The normalized spacial score (nSPS) is 20.6. The first-order valence-corrected chi connectivity index (χ1v) is 11.6. The maximum atomic E-state index is 15.0. The van der Waals surface area contributed by atoms with Gasteiger partial charge in [-0.05, 0) is 53.7 Å². The molecule has 1 aliphatic rings. The number of unbranched alkanes of at least 4 members (excludes halogenated alkanes) is 1. The molecule has 2 aromatic rings. The molecule has 0 heterocycles. The number of hydrogen-bond donors (Lipinski definition) is 0. The predicted octanol–water partition coefficient (Wildman–Crippen LogP) is 8.68. The van der Waals surface area contributed by atoms with E-state index in [0.29, 0.717) is 17.0 Å². The molecule has 0 N–H and O–H groups in total. The van der Waals surface area contributed by atoms with Gasteiger partial charge in [-0.3, -0.25) is 0 Å². The van der Waals surface area contributed by atoms with E-state index in [0.717, 1.165) is 37.2 Å². The molecule has 0 spiro atoms. The van der Waals surface area contributed by atoms with Gasteiger partial charge in [0.15, 0.2) is 11.6 Å². The molecule has 0 saturated heterocycles. The minimum absolute atomic E-state index is 0.0672. The molecule has 2 aromatic carbocycles. The van der Waals surface area contributed by atoms with Crippen LogP contribution in [0.5, 0.6) is 0 Å². The molecule has 1 aliphatic carbocycles. The minimum atomic E-state index is -0.700. The van der Waals surface area contributed by atoms with Gasteiger partial charge in [0.25, 0.3) is 0 Å². The smallest absolute Gasteiger partial charge is 0.166 e. The molecular weight excluding hydrogens is 362 g/mol. The van der Waals surface area contributed by atoms with Crippen molar-refractivity contribution in [2.75, 3.05) is 0 Å². The molecular formula is C27H36F2. The lowest BCUT2D eigenvalue weighted by Crippen LogP contribution is -2.20. The Labute approximate surface area is 175 Å². The lowest BCUT2D eigenvalue weighted by molar-refractivity contribution is 0.234. The van der Waals surface area contributed by atoms with E-state index in [1.165, 1.54) is 37.7 Å². The molecule has 0 aromatic heterocycles. The Hall–Kier alpha value is -1.70. The van der Waals surface area contributed by atoms with Gasteiger partial charge < -0.3 is 0 Å². The van der Waals surface area contributed by atoms with Crippen LogP contribution in [0.15, 0.2) is 36.4 Å². The molecule has 1 unspecified atom stereocenters. The first kappa shape index (κ1) is 22.0. The Bertz CT molecular complexity index is 770. The van der Waals surface area contributed by atoms with Crippen LogP contribution < -0.4 is 0 Å². The van der Waals surface area contributed by atoms with E-state index in [1.54, 1.807) is 6.07 Å². The van der Waals surface area contributed by atoms with Crippen molar-refractivity contribution >= 4 is 0 Å². The molecule has 0 bridgehead atoms. The van der Waals surface area contributed by atoms with Crippen LogP contribution in [0.3, 0.4) is 0 Å². The zero-order valence-corrected chi connectivity index (χ0v) is 18.3. The lowest BCUT2D eigenvalue weighted by Gasteiger charge is -2.33. The fraction of sp³-hybridized carbons (Fsp3) is 0.556. The highest BCUT2D eigenvalue weighted by atomic mass is 19.2. The molecule has 3 rings (SSSR count). The van der Waals surface area contributed by atoms with E-state index >= 15 is 4.39 Å². The first-order valence-electron chi connectivity index (χ1n) is 11.6. The van der Waals surface area contributed by atoms with Crippen LogP contribution in [0.25, 0.3) is 11.1 Å². The van der Waals surface area contributed by atoms with Gasteiger partial charge >= 0.3 is 0 Å². The van der Waals surface area contributed by atoms with E-state index in [-0.39, 0.29) is 5.92 Å². The summed E-state index contributed by atoms with van der Waals surface area (Å²) in [6.45, 7) is 6.46. The third-order valence-corrected chi connectivity index (χ3v) is 6.97. The predicted molar refractivity (Wildman–Crippen MR) is 119 cm³/mol. The number of rotatable bonds is 8. The monoisotopic (exact) mass is 398 g/mol. The molecule has 1 atom stereocenters. The highest BCUT2D eigenvalue weighted by Gasteiger charge is 2.28. The molecule has 158 valence electrons. The van der Waals surface area contributed by atoms with Crippen LogP contribution in [-0.4, -0.2) is 0 Å². The van der Waals surface area contributed by atoms with Crippen LogP contribution in [0.4, 0.5) is 8.78 Å². The van der Waals surface area contributed by atoms with E-state index < -0.39 is 11.6 Å². The van der Waals surface area contributed by atoms with Gasteiger partial charge in [-0.1, -0.05) is 95.7 Å². The van der Waals surface area contributed by atoms with Crippen molar-refractivity contribution < 1.29 is 8.78 Å². The Morgan fingerprint density at radius 1 is 0.862 bits per heavy atom. The summed E-state index contributed by atoms with van der Waals surface area (Å²) >= 11 is 0. The molecule has 0 aliphatic heterocycles. The van der Waals surface area contributed by atoms with Crippen LogP contribution in [0.1, 0.15) is 89.2 Å². The topological polar surface area (TPSA) is 0 Å². The summed E-state index contributed by atoms with van der Waals surface area (Å²) < 4.78 is 30.0. The second-order valence-electron chi connectivity index (χ2n) is 8.99.